The summed E-state index contributed by atoms with van der Waals surface area (Å²) >= 11 is 0. The molecule has 0 saturated carbocycles. The summed E-state index contributed by atoms with van der Waals surface area (Å²) in [6.45, 7) is 7.52. The van der Waals surface area contributed by atoms with Crippen molar-refractivity contribution in [3.8, 4) is 0 Å². The van der Waals surface area contributed by atoms with Gasteiger partial charge in [-0.15, -0.1) is 0 Å². The number of hydrogen-bond acceptors (Lipinski definition) is 7. The maximum atomic E-state index is 12.8. The Bertz CT molecular complexity index is 999. The van der Waals surface area contributed by atoms with Crippen LogP contribution < -0.4 is 10.2 Å². The molecule has 1 aliphatic heterocycles. The van der Waals surface area contributed by atoms with Crippen molar-refractivity contribution in [1.82, 2.24) is 4.90 Å². The van der Waals surface area contributed by atoms with Gasteiger partial charge in [-0.2, -0.15) is 0 Å². The summed E-state index contributed by atoms with van der Waals surface area (Å²) in [7, 11) is 2.10. The molecule has 0 bridgehead atoms. The van der Waals surface area contributed by atoms with E-state index in [0.29, 0.717) is 5.69 Å². The van der Waals surface area contributed by atoms with Crippen LogP contribution in [0.2, 0.25) is 0 Å². The number of aryl methyl sites for hydroxylation is 1. The molecule has 2 aromatic carbocycles. The van der Waals surface area contributed by atoms with E-state index < -0.39 is 16.8 Å². The lowest BCUT2D eigenvalue weighted by molar-refractivity contribution is -0.384. The van der Waals surface area contributed by atoms with E-state index >= 15 is 0 Å². The fourth-order valence-electron chi connectivity index (χ4n) is 3.42. The summed E-state index contributed by atoms with van der Waals surface area (Å²) in [5.41, 5.74) is 2.19. The standard InChI is InChI=1S/C22H26N4O5/c1-4-31-22(28)17-12-16(13-19(14-17)26(29)30)21(27)23-20-6-5-18(11-15(20)2)25-9-7-24(3)8-10-25/h5-6,11-14H,4,7-10H2,1-3H3,(H,23,27). The number of carbonyl (C=O) groups is 2. The molecule has 9 nitrogen and oxygen atoms in total. The number of rotatable bonds is 6. The van der Waals surface area contributed by atoms with E-state index in [-0.39, 0.29) is 23.4 Å². The number of benzene rings is 2. The monoisotopic (exact) mass is 426 g/mol. The molecule has 9 heteroatoms. The van der Waals surface area contributed by atoms with E-state index in [2.05, 4.69) is 22.2 Å². The number of piperazine rings is 1. The molecule has 164 valence electrons. The molecule has 1 heterocycles. The van der Waals surface area contributed by atoms with Gasteiger partial charge >= 0.3 is 5.97 Å². The number of non-ortho nitro benzene ring substituents is 1. The summed E-state index contributed by atoms with van der Waals surface area (Å²) in [4.78, 5) is 40.0. The zero-order valence-electron chi connectivity index (χ0n) is 17.9. The van der Waals surface area contributed by atoms with Crippen LogP contribution in [0.25, 0.3) is 0 Å². The normalized spacial score (nSPS) is 14.2. The van der Waals surface area contributed by atoms with E-state index in [1.54, 1.807) is 6.92 Å². The maximum Gasteiger partial charge on any atom is 0.338 e. The zero-order chi connectivity index (χ0) is 22.5. The van der Waals surface area contributed by atoms with Crippen LogP contribution in [0.15, 0.2) is 36.4 Å². The third kappa shape index (κ3) is 5.37. The SMILES string of the molecule is CCOC(=O)c1cc(C(=O)Nc2ccc(N3CCN(C)CC3)cc2C)cc([N+](=O)[O-])c1. The average molecular weight is 426 g/mol. The van der Waals surface area contributed by atoms with E-state index in [1.807, 2.05) is 25.1 Å². The van der Waals surface area contributed by atoms with Gasteiger partial charge in [-0.1, -0.05) is 0 Å². The predicted molar refractivity (Wildman–Crippen MR) is 118 cm³/mol. The minimum Gasteiger partial charge on any atom is -0.462 e. The van der Waals surface area contributed by atoms with Gasteiger partial charge in [0.1, 0.15) is 0 Å². The smallest absolute Gasteiger partial charge is 0.338 e. The lowest BCUT2D eigenvalue weighted by Crippen LogP contribution is -2.44. The number of likely N-dealkylation sites (N-methyl/N-ethyl adjacent to an activating group) is 1. The number of esters is 1. The molecular weight excluding hydrogens is 400 g/mol. The van der Waals surface area contributed by atoms with Crippen molar-refractivity contribution in [3.05, 3.63) is 63.2 Å². The molecule has 3 rings (SSSR count). The molecule has 0 aromatic heterocycles. The molecule has 1 N–H and O–H groups in total. The molecule has 0 spiro atoms. The summed E-state index contributed by atoms with van der Waals surface area (Å²) in [5.74, 6) is -1.25. The molecule has 2 aromatic rings. The van der Waals surface area contributed by atoms with E-state index in [4.69, 9.17) is 4.74 Å². The number of nitro benzene ring substituents is 1. The van der Waals surface area contributed by atoms with Crippen molar-refractivity contribution in [2.45, 2.75) is 13.8 Å². The first-order valence-electron chi connectivity index (χ1n) is 10.1. The number of anilines is 2. The van der Waals surface area contributed by atoms with Crippen LogP contribution in [0.1, 0.15) is 33.2 Å². The molecule has 0 atom stereocenters. The average Bonchev–Trinajstić information content (AvgIpc) is 2.75. The van der Waals surface area contributed by atoms with Gasteiger partial charge in [0.15, 0.2) is 0 Å². The summed E-state index contributed by atoms with van der Waals surface area (Å²) in [6, 6.07) is 9.33. The number of nitrogens with one attached hydrogen (secondary N) is 1. The second kappa shape index (κ2) is 9.57. The van der Waals surface area contributed by atoms with Gasteiger partial charge in [0.25, 0.3) is 11.6 Å². The largest absolute Gasteiger partial charge is 0.462 e. The van der Waals surface area contributed by atoms with Crippen LogP contribution in [-0.4, -0.2) is 61.5 Å². The maximum absolute atomic E-state index is 12.8. The van der Waals surface area contributed by atoms with Crippen LogP contribution in [-0.2, 0) is 4.74 Å². The molecule has 1 saturated heterocycles. The highest BCUT2D eigenvalue weighted by molar-refractivity contribution is 6.06. The Morgan fingerprint density at radius 1 is 1.10 bits per heavy atom. The number of nitrogens with zero attached hydrogens (tertiary/aromatic N) is 3. The fourth-order valence-corrected chi connectivity index (χ4v) is 3.42. The first-order valence-corrected chi connectivity index (χ1v) is 10.1. The first kappa shape index (κ1) is 22.2. The Balaban J connectivity index is 1.80. The summed E-state index contributed by atoms with van der Waals surface area (Å²) in [5, 5.41) is 14.0. The third-order valence-electron chi connectivity index (χ3n) is 5.23. The first-order chi connectivity index (χ1) is 14.8. The van der Waals surface area contributed by atoms with Crippen LogP contribution in [0.3, 0.4) is 0 Å². The van der Waals surface area contributed by atoms with Crippen LogP contribution in [0.4, 0.5) is 17.1 Å². The molecule has 1 fully saturated rings. The van der Waals surface area contributed by atoms with Crippen LogP contribution in [0, 0.1) is 17.0 Å². The van der Waals surface area contributed by atoms with Crippen molar-refractivity contribution in [2.75, 3.05) is 50.1 Å². The number of ether oxygens (including phenoxy) is 1. The molecule has 31 heavy (non-hydrogen) atoms. The van der Waals surface area contributed by atoms with Crippen molar-refractivity contribution < 1.29 is 19.2 Å². The molecule has 0 aliphatic carbocycles. The van der Waals surface area contributed by atoms with Crippen LogP contribution >= 0.6 is 0 Å². The Hall–Kier alpha value is -3.46. The summed E-state index contributed by atoms with van der Waals surface area (Å²) < 4.78 is 4.91. The predicted octanol–water partition coefficient (Wildman–Crippen LogP) is 3.08. The Morgan fingerprint density at radius 3 is 2.39 bits per heavy atom. The summed E-state index contributed by atoms with van der Waals surface area (Å²) in [6.07, 6.45) is 0. The van der Waals surface area contributed by atoms with Gasteiger partial charge in [0.2, 0.25) is 0 Å². The zero-order valence-corrected chi connectivity index (χ0v) is 17.9. The molecule has 0 unspecified atom stereocenters. The van der Waals surface area contributed by atoms with Gasteiger partial charge in [0.05, 0.1) is 17.1 Å². The lowest BCUT2D eigenvalue weighted by Gasteiger charge is -2.34. The quantitative estimate of drug-likeness (QED) is 0.430. The number of nitro groups is 1. The Kier molecular flexibility index (Phi) is 6.86. The Morgan fingerprint density at radius 2 is 1.77 bits per heavy atom. The van der Waals surface area contributed by atoms with E-state index in [0.717, 1.165) is 49.6 Å². The van der Waals surface area contributed by atoms with E-state index in [9.17, 15) is 19.7 Å². The minimum absolute atomic E-state index is 0.0137. The van der Waals surface area contributed by atoms with Crippen LogP contribution in [0.5, 0.6) is 0 Å². The van der Waals surface area contributed by atoms with Crippen molar-refractivity contribution in [3.63, 3.8) is 0 Å². The number of hydrogen-bond donors (Lipinski definition) is 1. The highest BCUT2D eigenvalue weighted by atomic mass is 16.6. The molecule has 1 aliphatic rings. The second-order valence-electron chi connectivity index (χ2n) is 7.49. The lowest BCUT2D eigenvalue weighted by atomic mass is 10.1. The van der Waals surface area contributed by atoms with Crippen molar-refractivity contribution >= 4 is 28.9 Å². The highest BCUT2D eigenvalue weighted by Crippen LogP contribution is 2.25. The number of carbonyl (C=O) groups excluding carboxylic acids is 2. The highest BCUT2D eigenvalue weighted by Gasteiger charge is 2.20. The van der Waals surface area contributed by atoms with Gasteiger partial charge in [-0.3, -0.25) is 14.9 Å². The topological polar surface area (TPSA) is 105 Å². The molecule has 1 amide bonds. The van der Waals surface area contributed by atoms with Gasteiger partial charge in [-0.25, -0.2) is 4.79 Å². The molecule has 0 radical (unpaired) electrons. The van der Waals surface area contributed by atoms with Crippen molar-refractivity contribution in [2.24, 2.45) is 0 Å². The van der Waals surface area contributed by atoms with Gasteiger partial charge in [0, 0.05) is 55.2 Å². The van der Waals surface area contributed by atoms with Gasteiger partial charge in [-0.05, 0) is 50.7 Å². The third-order valence-corrected chi connectivity index (χ3v) is 5.23. The Labute approximate surface area is 180 Å². The minimum atomic E-state index is -0.715. The van der Waals surface area contributed by atoms with Gasteiger partial charge < -0.3 is 19.9 Å². The second-order valence-corrected chi connectivity index (χ2v) is 7.49. The molecular formula is C22H26N4O5. The van der Waals surface area contributed by atoms with E-state index in [1.165, 1.54) is 6.07 Å². The van der Waals surface area contributed by atoms with Crippen molar-refractivity contribution in [1.29, 1.82) is 0 Å². The number of amides is 1. The fraction of sp³-hybridized carbons (Fsp3) is 0.364.